The predicted octanol–water partition coefficient (Wildman–Crippen LogP) is 3.55. The second-order valence-corrected chi connectivity index (χ2v) is 7.83. The van der Waals surface area contributed by atoms with Gasteiger partial charge in [-0.3, -0.25) is 4.79 Å². The molecule has 1 atom stereocenters. The Morgan fingerprint density at radius 2 is 1.62 bits per heavy atom. The normalized spacial score (nSPS) is 12.8. The average Bonchev–Trinajstić information content (AvgIpc) is 3.47. The molecule has 0 fully saturated rings. The Balaban J connectivity index is 1.36. The number of nitrogens with zero attached hydrogens (tertiary/aromatic N) is 1. The lowest BCUT2D eigenvalue weighted by Crippen LogP contribution is -2.44. The molecule has 0 bridgehead atoms. The molecule has 0 unspecified atom stereocenters. The van der Waals surface area contributed by atoms with Gasteiger partial charge in [-0.2, -0.15) is 0 Å². The first-order valence-electron chi connectivity index (χ1n) is 10.4. The van der Waals surface area contributed by atoms with Crippen LogP contribution in [0, 0.1) is 5.92 Å². The summed E-state index contributed by atoms with van der Waals surface area (Å²) in [7, 11) is 0. The summed E-state index contributed by atoms with van der Waals surface area (Å²) < 4.78 is 15.6. The smallest absolute Gasteiger partial charge is 0.326 e. The van der Waals surface area contributed by atoms with Crippen LogP contribution >= 0.6 is 0 Å². The van der Waals surface area contributed by atoms with E-state index >= 15 is 0 Å². The van der Waals surface area contributed by atoms with E-state index in [1.165, 1.54) is 6.07 Å². The molecule has 0 saturated carbocycles. The first-order chi connectivity index (χ1) is 16.3. The van der Waals surface area contributed by atoms with Gasteiger partial charge in [-0.05, 0) is 30.2 Å². The minimum atomic E-state index is -1.13. The number of hydrogen-bond acceptors (Lipinski definition) is 7. The Kier molecular flexibility index (Phi) is 6.35. The van der Waals surface area contributed by atoms with Crippen molar-refractivity contribution in [2.24, 2.45) is 5.92 Å². The fourth-order valence-electron chi connectivity index (χ4n) is 3.24. The maximum atomic E-state index is 12.3. The second-order valence-electron chi connectivity index (χ2n) is 7.83. The van der Waals surface area contributed by atoms with Crippen molar-refractivity contribution in [2.75, 3.05) is 17.4 Å². The van der Waals surface area contributed by atoms with Crippen molar-refractivity contribution in [3.63, 3.8) is 0 Å². The van der Waals surface area contributed by atoms with Gasteiger partial charge in [0.1, 0.15) is 11.7 Å². The van der Waals surface area contributed by atoms with Crippen LogP contribution in [0.5, 0.6) is 11.5 Å². The zero-order valence-electron chi connectivity index (χ0n) is 18.3. The molecule has 11 nitrogen and oxygen atoms in total. The predicted molar refractivity (Wildman–Crippen MR) is 121 cm³/mol. The van der Waals surface area contributed by atoms with E-state index in [9.17, 15) is 19.5 Å². The summed E-state index contributed by atoms with van der Waals surface area (Å²) in [6.45, 7) is 3.53. The topological polar surface area (TPSA) is 152 Å². The number of carboxylic acid groups (broad SMARTS) is 1. The van der Waals surface area contributed by atoms with Gasteiger partial charge < -0.3 is 35.1 Å². The summed E-state index contributed by atoms with van der Waals surface area (Å²) in [5, 5.41) is 21.0. The highest BCUT2D eigenvalue weighted by molar-refractivity contribution is 6.00. The van der Waals surface area contributed by atoms with Crippen molar-refractivity contribution >= 4 is 29.3 Å². The van der Waals surface area contributed by atoms with Crippen LogP contribution in [0.15, 0.2) is 53.1 Å². The molecule has 1 aliphatic heterocycles. The van der Waals surface area contributed by atoms with E-state index in [4.69, 9.17) is 14.0 Å². The zero-order valence-corrected chi connectivity index (χ0v) is 18.3. The van der Waals surface area contributed by atoms with Crippen molar-refractivity contribution < 1.29 is 33.5 Å². The summed E-state index contributed by atoms with van der Waals surface area (Å²) >= 11 is 0. The van der Waals surface area contributed by atoms with Crippen molar-refractivity contribution in [1.82, 2.24) is 10.5 Å². The highest BCUT2D eigenvalue weighted by Gasteiger charge is 2.26. The van der Waals surface area contributed by atoms with E-state index in [-0.39, 0.29) is 18.5 Å². The van der Waals surface area contributed by atoms with Gasteiger partial charge in [0.15, 0.2) is 11.5 Å². The number of aromatic nitrogens is 1. The number of carbonyl (C=O) groups excluding carboxylic acids is 2. The largest absolute Gasteiger partial charge is 0.480 e. The van der Waals surface area contributed by atoms with Gasteiger partial charge in [0.2, 0.25) is 12.6 Å². The quantitative estimate of drug-likeness (QED) is 0.412. The number of carbonyl (C=O) groups is 3. The molecule has 0 radical (unpaired) electrons. The first kappa shape index (κ1) is 22.6. The van der Waals surface area contributed by atoms with Crippen molar-refractivity contribution in [3.8, 4) is 22.8 Å². The lowest BCUT2D eigenvalue weighted by molar-refractivity contribution is -0.140. The highest BCUT2D eigenvalue weighted by Crippen LogP contribution is 2.34. The summed E-state index contributed by atoms with van der Waals surface area (Å²) in [4.78, 5) is 35.9. The van der Waals surface area contributed by atoms with Gasteiger partial charge in [-0.1, -0.05) is 31.1 Å². The number of carboxylic acids is 1. The Labute approximate surface area is 194 Å². The number of rotatable bonds is 7. The Morgan fingerprint density at radius 1 is 0.941 bits per heavy atom. The fraction of sp³-hybridized carbons (Fsp3) is 0.217. The number of fused-ring (bicyclic) bond motifs is 1. The van der Waals surface area contributed by atoms with Crippen LogP contribution in [-0.4, -0.2) is 41.0 Å². The molecular weight excluding hydrogens is 444 g/mol. The van der Waals surface area contributed by atoms with Crippen molar-refractivity contribution in [3.05, 3.63) is 54.3 Å². The van der Waals surface area contributed by atoms with Crippen LogP contribution in [0.2, 0.25) is 0 Å². The van der Waals surface area contributed by atoms with Crippen molar-refractivity contribution in [2.45, 2.75) is 19.9 Å². The van der Waals surface area contributed by atoms with Gasteiger partial charge in [-0.15, -0.1) is 0 Å². The third-order valence-electron chi connectivity index (χ3n) is 5.02. The van der Waals surface area contributed by atoms with Crippen molar-refractivity contribution in [1.29, 1.82) is 0 Å². The number of nitrogens with one attached hydrogen (secondary N) is 3. The van der Waals surface area contributed by atoms with Crippen LogP contribution < -0.4 is 25.4 Å². The molecule has 2 aromatic carbocycles. The van der Waals surface area contributed by atoms with Gasteiger partial charge in [0, 0.05) is 29.1 Å². The van der Waals surface area contributed by atoms with E-state index < -0.39 is 23.9 Å². The summed E-state index contributed by atoms with van der Waals surface area (Å²) in [5.74, 6) is -1.02. The third-order valence-corrected chi connectivity index (χ3v) is 5.02. The van der Waals surface area contributed by atoms with Gasteiger partial charge in [0.05, 0.1) is 0 Å². The third kappa shape index (κ3) is 5.09. The van der Waals surface area contributed by atoms with Gasteiger partial charge in [-0.25, -0.2) is 9.59 Å². The monoisotopic (exact) mass is 466 g/mol. The van der Waals surface area contributed by atoms with E-state index in [1.807, 2.05) is 0 Å². The number of benzene rings is 2. The summed E-state index contributed by atoms with van der Waals surface area (Å²) in [6, 6.07) is 11.8. The second kappa shape index (κ2) is 9.53. The molecule has 3 aromatic rings. The SMILES string of the molecule is CC(C)[C@H](NC(=O)c1cc(-c2ccc(NC(=O)Nc3ccc4c(c3)OCO4)cc2)no1)C(=O)O. The lowest BCUT2D eigenvalue weighted by atomic mass is 10.0. The number of hydrogen-bond donors (Lipinski definition) is 4. The number of urea groups is 1. The molecule has 4 N–H and O–H groups in total. The number of ether oxygens (including phenoxy) is 2. The molecular formula is C23H22N4O7. The van der Waals surface area contributed by atoms with Crippen LogP contribution in [0.1, 0.15) is 24.4 Å². The Morgan fingerprint density at radius 3 is 2.32 bits per heavy atom. The maximum absolute atomic E-state index is 12.3. The molecule has 11 heteroatoms. The minimum absolute atomic E-state index is 0.104. The Bertz CT molecular complexity index is 1220. The van der Waals surface area contributed by atoms with E-state index in [2.05, 4.69) is 21.1 Å². The van der Waals surface area contributed by atoms with Gasteiger partial charge >= 0.3 is 12.0 Å². The molecule has 176 valence electrons. The van der Waals surface area contributed by atoms with E-state index in [1.54, 1.807) is 56.3 Å². The lowest BCUT2D eigenvalue weighted by Gasteiger charge is -2.16. The maximum Gasteiger partial charge on any atom is 0.326 e. The zero-order chi connectivity index (χ0) is 24.2. The first-order valence-corrected chi connectivity index (χ1v) is 10.4. The minimum Gasteiger partial charge on any atom is -0.480 e. The molecule has 4 rings (SSSR count). The molecule has 1 aliphatic rings. The summed E-state index contributed by atoms with van der Waals surface area (Å²) in [6.07, 6.45) is 0. The van der Waals surface area contributed by atoms with Crippen LogP contribution in [-0.2, 0) is 4.79 Å². The Hall–Kier alpha value is -4.54. The van der Waals surface area contributed by atoms with Crippen LogP contribution in [0.3, 0.4) is 0 Å². The molecule has 0 saturated heterocycles. The summed E-state index contributed by atoms with van der Waals surface area (Å²) in [5.41, 5.74) is 2.11. The number of amides is 3. The number of anilines is 2. The standard InChI is InChI=1S/C23H22N4O7/c1-12(2)20(22(29)30)26-21(28)19-10-16(27-34-19)13-3-5-14(6-4-13)24-23(31)25-15-7-8-17-18(9-15)33-11-32-17/h3-10,12,20H,11H2,1-2H3,(H,26,28)(H,29,30)(H2,24,25,31)/t20-/m0/s1. The van der Waals surface area contributed by atoms with Crippen LogP contribution in [0.25, 0.3) is 11.3 Å². The molecule has 1 aromatic heterocycles. The van der Waals surface area contributed by atoms with E-state index in [0.717, 1.165) is 0 Å². The number of aliphatic carboxylic acids is 1. The average molecular weight is 466 g/mol. The molecule has 2 heterocycles. The molecule has 0 spiro atoms. The van der Waals surface area contributed by atoms with Gasteiger partial charge in [0.25, 0.3) is 5.91 Å². The highest BCUT2D eigenvalue weighted by atomic mass is 16.7. The molecule has 3 amide bonds. The van der Waals surface area contributed by atoms with E-state index in [0.29, 0.717) is 34.1 Å². The molecule has 34 heavy (non-hydrogen) atoms. The van der Waals surface area contributed by atoms with Crippen LogP contribution in [0.4, 0.5) is 16.2 Å². The fourth-order valence-corrected chi connectivity index (χ4v) is 3.24. The molecule has 0 aliphatic carbocycles.